The SMILES string of the molecule is CCCCOc1cccc([C@@H]2NC(=S)NC(C)=C2C(=O)OC(C)C)c1. The van der Waals surface area contributed by atoms with Crippen molar-refractivity contribution in [2.45, 2.75) is 52.7 Å². The summed E-state index contributed by atoms with van der Waals surface area (Å²) in [5.74, 6) is 0.434. The molecule has 0 unspecified atom stereocenters. The first-order valence-corrected chi connectivity index (χ1v) is 9.05. The molecule has 0 radical (unpaired) electrons. The van der Waals surface area contributed by atoms with Crippen LogP contribution >= 0.6 is 12.2 Å². The van der Waals surface area contributed by atoms with Crippen LogP contribution in [0, 0.1) is 0 Å². The van der Waals surface area contributed by atoms with Crippen molar-refractivity contribution in [2.75, 3.05) is 6.61 Å². The number of carbonyl (C=O) groups is 1. The van der Waals surface area contributed by atoms with Gasteiger partial charge in [-0.1, -0.05) is 25.5 Å². The molecule has 6 heteroatoms. The summed E-state index contributed by atoms with van der Waals surface area (Å²) in [4.78, 5) is 12.6. The van der Waals surface area contributed by atoms with Crippen LogP contribution in [0.25, 0.3) is 0 Å². The largest absolute Gasteiger partial charge is 0.494 e. The molecule has 2 rings (SSSR count). The van der Waals surface area contributed by atoms with Crippen LogP contribution in [0.4, 0.5) is 0 Å². The van der Waals surface area contributed by atoms with Gasteiger partial charge in [-0.15, -0.1) is 0 Å². The molecule has 1 aromatic carbocycles. The summed E-state index contributed by atoms with van der Waals surface area (Å²) in [5.41, 5.74) is 2.15. The molecule has 25 heavy (non-hydrogen) atoms. The first kappa shape index (κ1) is 19.2. The van der Waals surface area contributed by atoms with Gasteiger partial charge in [-0.05, 0) is 57.1 Å². The monoisotopic (exact) mass is 362 g/mol. The Morgan fingerprint density at radius 2 is 2.12 bits per heavy atom. The van der Waals surface area contributed by atoms with Gasteiger partial charge in [0, 0.05) is 5.70 Å². The number of unbranched alkanes of at least 4 members (excludes halogenated alkanes) is 1. The fourth-order valence-corrected chi connectivity index (χ4v) is 2.88. The molecule has 0 bridgehead atoms. The Balaban J connectivity index is 2.30. The summed E-state index contributed by atoms with van der Waals surface area (Å²) in [6.45, 7) is 8.30. The van der Waals surface area contributed by atoms with Gasteiger partial charge in [0.25, 0.3) is 0 Å². The second kappa shape index (κ2) is 8.85. The van der Waals surface area contributed by atoms with Crippen LogP contribution in [0.15, 0.2) is 35.5 Å². The third-order valence-corrected chi connectivity index (χ3v) is 4.01. The molecule has 0 spiro atoms. The molecule has 0 saturated heterocycles. The summed E-state index contributed by atoms with van der Waals surface area (Å²) in [5, 5.41) is 6.66. The minimum atomic E-state index is -0.366. The van der Waals surface area contributed by atoms with E-state index in [1.165, 1.54) is 0 Å². The van der Waals surface area contributed by atoms with Gasteiger partial charge in [-0.2, -0.15) is 0 Å². The molecular formula is C19H26N2O3S. The second-order valence-corrected chi connectivity index (χ2v) is 6.71. The van der Waals surface area contributed by atoms with Gasteiger partial charge in [-0.3, -0.25) is 0 Å². The van der Waals surface area contributed by atoms with Crippen molar-refractivity contribution < 1.29 is 14.3 Å². The third kappa shape index (κ3) is 5.19. The Kier molecular flexibility index (Phi) is 6.82. The molecule has 1 aliphatic heterocycles. The maximum Gasteiger partial charge on any atom is 0.338 e. The smallest absolute Gasteiger partial charge is 0.338 e. The van der Waals surface area contributed by atoms with Gasteiger partial charge in [0.1, 0.15) is 5.75 Å². The van der Waals surface area contributed by atoms with Crippen molar-refractivity contribution in [1.82, 2.24) is 10.6 Å². The number of hydrogen-bond donors (Lipinski definition) is 2. The van der Waals surface area contributed by atoms with Crippen LogP contribution in [0.5, 0.6) is 5.75 Å². The Labute approximate surface area is 154 Å². The number of thiocarbonyl (C=S) groups is 1. The van der Waals surface area contributed by atoms with Gasteiger partial charge < -0.3 is 20.1 Å². The van der Waals surface area contributed by atoms with Crippen LogP contribution < -0.4 is 15.4 Å². The normalized spacial score (nSPS) is 17.2. The Hall–Kier alpha value is -2.08. The van der Waals surface area contributed by atoms with Crippen LogP contribution in [-0.2, 0) is 9.53 Å². The lowest BCUT2D eigenvalue weighted by Crippen LogP contribution is -2.45. The van der Waals surface area contributed by atoms with Crippen molar-refractivity contribution in [2.24, 2.45) is 0 Å². The van der Waals surface area contributed by atoms with E-state index in [-0.39, 0.29) is 18.1 Å². The topological polar surface area (TPSA) is 59.6 Å². The highest BCUT2D eigenvalue weighted by molar-refractivity contribution is 7.80. The third-order valence-electron chi connectivity index (χ3n) is 3.79. The molecule has 0 saturated carbocycles. The minimum absolute atomic E-state index is 0.189. The number of hydrogen-bond acceptors (Lipinski definition) is 4. The molecule has 5 nitrogen and oxygen atoms in total. The van der Waals surface area contributed by atoms with Crippen LogP contribution in [-0.4, -0.2) is 23.8 Å². The van der Waals surface area contributed by atoms with Crippen LogP contribution in [0.2, 0.25) is 0 Å². The number of allylic oxidation sites excluding steroid dienone is 1. The zero-order chi connectivity index (χ0) is 18.4. The van der Waals surface area contributed by atoms with Crippen molar-refractivity contribution in [1.29, 1.82) is 0 Å². The van der Waals surface area contributed by atoms with E-state index in [2.05, 4.69) is 17.6 Å². The highest BCUT2D eigenvalue weighted by atomic mass is 32.1. The van der Waals surface area contributed by atoms with Crippen molar-refractivity contribution in [3.8, 4) is 5.75 Å². The van der Waals surface area contributed by atoms with Gasteiger partial charge in [0.2, 0.25) is 0 Å². The number of nitrogens with one attached hydrogen (secondary N) is 2. The lowest BCUT2D eigenvalue weighted by atomic mass is 9.95. The van der Waals surface area contributed by atoms with Crippen LogP contribution in [0.3, 0.4) is 0 Å². The number of rotatable bonds is 7. The van der Waals surface area contributed by atoms with Gasteiger partial charge >= 0.3 is 5.97 Å². The summed E-state index contributed by atoms with van der Waals surface area (Å²) < 4.78 is 11.2. The van der Waals surface area contributed by atoms with E-state index in [4.69, 9.17) is 21.7 Å². The lowest BCUT2D eigenvalue weighted by Gasteiger charge is -2.30. The Bertz CT molecular complexity index is 670. The lowest BCUT2D eigenvalue weighted by molar-refractivity contribution is -0.143. The van der Waals surface area contributed by atoms with Crippen molar-refractivity contribution >= 4 is 23.3 Å². The average molecular weight is 362 g/mol. The van der Waals surface area contributed by atoms with Gasteiger partial charge in [-0.25, -0.2) is 4.79 Å². The molecule has 1 atom stereocenters. The molecule has 0 aromatic heterocycles. The molecule has 0 amide bonds. The van der Waals surface area contributed by atoms with E-state index in [9.17, 15) is 4.79 Å². The fraction of sp³-hybridized carbons (Fsp3) is 0.474. The molecule has 1 aromatic rings. The minimum Gasteiger partial charge on any atom is -0.494 e. The number of carbonyl (C=O) groups excluding carboxylic acids is 1. The Morgan fingerprint density at radius 3 is 2.80 bits per heavy atom. The molecule has 0 aliphatic carbocycles. The van der Waals surface area contributed by atoms with E-state index in [1.807, 2.05) is 45.0 Å². The first-order chi connectivity index (χ1) is 11.9. The first-order valence-electron chi connectivity index (χ1n) is 8.64. The van der Waals surface area contributed by atoms with Crippen molar-refractivity contribution in [3.63, 3.8) is 0 Å². The molecule has 2 N–H and O–H groups in total. The molecule has 0 fully saturated rings. The maximum atomic E-state index is 12.6. The molecule has 1 aliphatic rings. The summed E-state index contributed by atoms with van der Waals surface area (Å²) in [6.07, 6.45) is 1.90. The molecular weight excluding hydrogens is 336 g/mol. The van der Waals surface area contributed by atoms with Gasteiger partial charge in [0.05, 0.1) is 24.3 Å². The molecule has 136 valence electrons. The van der Waals surface area contributed by atoms with E-state index in [1.54, 1.807) is 0 Å². The number of ether oxygens (including phenoxy) is 2. The predicted octanol–water partition coefficient (Wildman–Crippen LogP) is 3.61. The summed E-state index contributed by atoms with van der Waals surface area (Å²) in [6, 6.07) is 7.37. The quantitative estimate of drug-likeness (QED) is 0.439. The zero-order valence-electron chi connectivity index (χ0n) is 15.2. The highest BCUT2D eigenvalue weighted by Crippen LogP contribution is 2.30. The van der Waals surface area contributed by atoms with E-state index >= 15 is 0 Å². The second-order valence-electron chi connectivity index (χ2n) is 6.30. The summed E-state index contributed by atoms with van der Waals surface area (Å²) in [7, 11) is 0. The van der Waals surface area contributed by atoms with E-state index in [0.29, 0.717) is 23.0 Å². The predicted molar refractivity (Wildman–Crippen MR) is 102 cm³/mol. The average Bonchev–Trinajstić information content (AvgIpc) is 2.54. The number of esters is 1. The zero-order valence-corrected chi connectivity index (χ0v) is 16.0. The van der Waals surface area contributed by atoms with Gasteiger partial charge in [0.15, 0.2) is 5.11 Å². The van der Waals surface area contributed by atoms with Crippen molar-refractivity contribution in [3.05, 3.63) is 41.1 Å². The fourth-order valence-electron chi connectivity index (χ4n) is 2.61. The maximum absolute atomic E-state index is 12.6. The van der Waals surface area contributed by atoms with Crippen LogP contribution in [0.1, 0.15) is 52.1 Å². The summed E-state index contributed by atoms with van der Waals surface area (Å²) >= 11 is 5.27. The van der Waals surface area contributed by atoms with E-state index < -0.39 is 0 Å². The Morgan fingerprint density at radius 1 is 1.36 bits per heavy atom. The standard InChI is InChI=1S/C19H26N2O3S/c1-5-6-10-23-15-9-7-8-14(11-15)17-16(18(22)24-12(2)3)13(4)20-19(25)21-17/h7-9,11-12,17H,5-6,10H2,1-4H3,(H2,20,21,25)/t17-/m0/s1. The highest BCUT2D eigenvalue weighted by Gasteiger charge is 2.31. The molecule has 1 heterocycles. The van der Waals surface area contributed by atoms with E-state index in [0.717, 1.165) is 24.2 Å². The number of benzene rings is 1.